The summed E-state index contributed by atoms with van der Waals surface area (Å²) in [6, 6.07) is 12.5. The van der Waals surface area contributed by atoms with E-state index in [-0.39, 0.29) is 16.9 Å². The molecule has 0 amide bonds. The van der Waals surface area contributed by atoms with Crippen molar-refractivity contribution < 1.29 is 22.9 Å². The van der Waals surface area contributed by atoms with Gasteiger partial charge in [0.15, 0.2) is 5.69 Å². The van der Waals surface area contributed by atoms with Crippen LogP contribution in [0.2, 0.25) is 0 Å². The van der Waals surface area contributed by atoms with E-state index in [0.29, 0.717) is 17.1 Å². The number of methoxy groups -OCH3 is 1. The van der Waals surface area contributed by atoms with E-state index < -0.39 is 23.0 Å². The fourth-order valence-corrected chi connectivity index (χ4v) is 3.56. The number of halogens is 2. The van der Waals surface area contributed by atoms with Crippen molar-refractivity contribution in [1.29, 1.82) is 0 Å². The summed E-state index contributed by atoms with van der Waals surface area (Å²) in [7, 11) is 1.27. The van der Waals surface area contributed by atoms with Crippen molar-refractivity contribution in [2.24, 2.45) is 0 Å². The van der Waals surface area contributed by atoms with Gasteiger partial charge in [-0.2, -0.15) is 0 Å². The molecule has 0 unspecified atom stereocenters. The third-order valence-electron chi connectivity index (χ3n) is 4.95. The second-order valence-electron chi connectivity index (χ2n) is 6.94. The van der Waals surface area contributed by atoms with Gasteiger partial charge in [-0.25, -0.2) is 13.6 Å². The summed E-state index contributed by atoms with van der Waals surface area (Å²) in [6.07, 6.45) is 0. The molecule has 0 aliphatic carbocycles. The van der Waals surface area contributed by atoms with Crippen LogP contribution in [0.1, 0.15) is 35.7 Å². The maximum absolute atomic E-state index is 14.8. The normalized spacial score (nSPS) is 13.8. The zero-order valence-electron chi connectivity index (χ0n) is 15.1. The Morgan fingerprint density at radius 2 is 1.85 bits per heavy atom. The van der Waals surface area contributed by atoms with Crippen LogP contribution in [0.25, 0.3) is 16.9 Å². The van der Waals surface area contributed by atoms with Crippen LogP contribution >= 0.6 is 0 Å². The van der Waals surface area contributed by atoms with Gasteiger partial charge in [-0.05, 0) is 32.0 Å². The predicted molar refractivity (Wildman–Crippen MR) is 94.6 cm³/mol. The van der Waals surface area contributed by atoms with Crippen molar-refractivity contribution >= 4 is 5.97 Å². The first kappa shape index (κ1) is 17.3. The van der Waals surface area contributed by atoms with Crippen LogP contribution in [0.4, 0.5) is 8.78 Å². The van der Waals surface area contributed by atoms with Crippen LogP contribution in [0.5, 0.6) is 0 Å². The van der Waals surface area contributed by atoms with Gasteiger partial charge in [-0.3, -0.25) is 4.98 Å². The molecule has 0 saturated carbocycles. The van der Waals surface area contributed by atoms with Gasteiger partial charge in [0.05, 0.1) is 23.9 Å². The third-order valence-corrected chi connectivity index (χ3v) is 4.95. The Hall–Kier alpha value is -3.15. The zero-order valence-corrected chi connectivity index (χ0v) is 15.1. The maximum Gasteiger partial charge on any atom is 0.403 e. The topological polar surface area (TPSA) is 43.1 Å². The summed E-state index contributed by atoms with van der Waals surface area (Å²) in [5.41, 5.74) is 1.66. The number of carbonyl (C=O) groups excluding carboxylic acids is 1. The monoisotopic (exact) mass is 367 g/mol. The van der Waals surface area contributed by atoms with Crippen molar-refractivity contribution in [3.05, 3.63) is 77.2 Å². The molecule has 1 aliphatic heterocycles. The van der Waals surface area contributed by atoms with E-state index in [1.54, 1.807) is 28.8 Å². The Labute approximate surface area is 155 Å². The van der Waals surface area contributed by atoms with E-state index in [9.17, 15) is 13.6 Å². The van der Waals surface area contributed by atoms with E-state index in [1.807, 2.05) is 26.0 Å². The van der Waals surface area contributed by atoms with Gasteiger partial charge in [-0.15, -0.1) is 4.57 Å². The van der Waals surface area contributed by atoms with Crippen LogP contribution in [0.15, 0.2) is 48.5 Å². The van der Waals surface area contributed by atoms with Crippen molar-refractivity contribution in [2.75, 3.05) is 7.11 Å². The van der Waals surface area contributed by atoms with Crippen molar-refractivity contribution in [1.82, 2.24) is 4.98 Å². The first-order valence-corrected chi connectivity index (χ1v) is 8.46. The maximum atomic E-state index is 14.8. The number of benzene rings is 1. The van der Waals surface area contributed by atoms with Crippen LogP contribution in [0.3, 0.4) is 0 Å². The first-order chi connectivity index (χ1) is 12.8. The smallest absolute Gasteiger partial charge is 0.403 e. The second-order valence-corrected chi connectivity index (χ2v) is 6.94. The lowest BCUT2D eigenvalue weighted by atomic mass is 9.82. The highest BCUT2D eigenvalue weighted by molar-refractivity contribution is 5.86. The number of fused-ring (bicyclic) bond motifs is 6. The molecule has 0 spiro atoms. The molecule has 3 aromatic rings. The molecule has 3 heterocycles. The second kappa shape index (κ2) is 5.94. The van der Waals surface area contributed by atoms with Crippen molar-refractivity contribution in [3.63, 3.8) is 0 Å². The zero-order chi connectivity index (χ0) is 19.3. The molecule has 0 fully saturated rings. The molecular formula is C21H17F2N2O2+. The molecule has 136 valence electrons. The molecule has 4 rings (SSSR count). The fourth-order valence-electron chi connectivity index (χ4n) is 3.56. The Balaban J connectivity index is 2.24. The van der Waals surface area contributed by atoms with Gasteiger partial charge < -0.3 is 4.74 Å². The minimum absolute atomic E-state index is 0.136. The van der Waals surface area contributed by atoms with Crippen LogP contribution in [-0.4, -0.2) is 18.1 Å². The molecule has 0 radical (unpaired) electrons. The highest BCUT2D eigenvalue weighted by Crippen LogP contribution is 2.36. The molecule has 1 aromatic carbocycles. The number of nitrogens with zero attached hydrogens (tertiary/aromatic N) is 2. The summed E-state index contributed by atoms with van der Waals surface area (Å²) >= 11 is 0. The summed E-state index contributed by atoms with van der Waals surface area (Å²) in [5, 5.41) is 0. The molecule has 0 atom stereocenters. The van der Waals surface area contributed by atoms with Crippen LogP contribution < -0.4 is 4.57 Å². The lowest BCUT2D eigenvalue weighted by Crippen LogP contribution is -2.48. The minimum atomic E-state index is -0.743. The molecule has 2 bridgehead atoms. The summed E-state index contributed by atoms with van der Waals surface area (Å²) in [4.78, 5) is 17.0. The van der Waals surface area contributed by atoms with Crippen LogP contribution in [0, 0.1) is 11.6 Å². The molecule has 27 heavy (non-hydrogen) atoms. The minimum Gasteiger partial charge on any atom is -0.461 e. The SMILES string of the molecule is COC(=O)c1cccc2[n+]1-c1cc(F)cc(F)c1-c1cccc(n1)C2(C)C. The van der Waals surface area contributed by atoms with Gasteiger partial charge in [0.2, 0.25) is 5.69 Å². The fraction of sp³-hybridized carbons (Fsp3) is 0.190. The Morgan fingerprint density at radius 1 is 1.11 bits per heavy atom. The van der Waals surface area contributed by atoms with E-state index in [4.69, 9.17) is 4.74 Å². The number of carbonyl (C=O) groups is 1. The molecule has 0 saturated heterocycles. The first-order valence-electron chi connectivity index (χ1n) is 8.46. The number of rotatable bonds is 1. The Morgan fingerprint density at radius 3 is 2.59 bits per heavy atom. The van der Waals surface area contributed by atoms with Crippen LogP contribution in [-0.2, 0) is 10.2 Å². The third kappa shape index (κ3) is 2.51. The number of aromatic nitrogens is 2. The number of hydrogen-bond donors (Lipinski definition) is 0. The lowest BCUT2D eigenvalue weighted by molar-refractivity contribution is -0.610. The number of esters is 1. The number of pyridine rings is 2. The highest BCUT2D eigenvalue weighted by Gasteiger charge is 2.41. The van der Waals surface area contributed by atoms with Gasteiger partial charge in [0.25, 0.3) is 5.69 Å². The van der Waals surface area contributed by atoms with E-state index in [0.717, 1.165) is 6.07 Å². The molecular weight excluding hydrogens is 350 g/mol. The van der Waals surface area contributed by atoms with E-state index >= 15 is 0 Å². The van der Waals surface area contributed by atoms with E-state index in [2.05, 4.69) is 4.98 Å². The molecule has 0 N–H and O–H groups in total. The standard InChI is InChI=1S/C21H17F2N2O2/c1-21(2)17-8-4-6-14(24-17)19-13(23)10-12(22)11-16(19)25-15(20(26)27-3)7-5-9-18(21)25/h4-11H,1-3H3/q+1. The lowest BCUT2D eigenvalue weighted by Gasteiger charge is -2.26. The molecule has 6 heteroatoms. The predicted octanol–water partition coefficient (Wildman–Crippen LogP) is 3.73. The van der Waals surface area contributed by atoms with Gasteiger partial charge in [-0.1, -0.05) is 6.07 Å². The molecule has 1 aliphatic rings. The number of ether oxygens (including phenoxy) is 1. The largest absolute Gasteiger partial charge is 0.461 e. The summed E-state index contributed by atoms with van der Waals surface area (Å²) < 4.78 is 35.5. The van der Waals surface area contributed by atoms with E-state index in [1.165, 1.54) is 13.2 Å². The molecule has 2 aromatic heterocycles. The van der Waals surface area contributed by atoms with Crippen molar-refractivity contribution in [3.8, 4) is 16.9 Å². The van der Waals surface area contributed by atoms with Gasteiger partial charge in [0, 0.05) is 24.3 Å². The highest BCUT2D eigenvalue weighted by atomic mass is 19.1. The van der Waals surface area contributed by atoms with Gasteiger partial charge in [0.1, 0.15) is 17.2 Å². The quantitative estimate of drug-likeness (QED) is 0.486. The molecule has 4 nitrogen and oxygen atoms in total. The Kier molecular flexibility index (Phi) is 3.80. The average Bonchev–Trinajstić information content (AvgIpc) is 2.65. The summed E-state index contributed by atoms with van der Waals surface area (Å²) in [6.45, 7) is 3.90. The van der Waals surface area contributed by atoms with Crippen molar-refractivity contribution in [2.45, 2.75) is 19.3 Å². The Bertz CT molecular complexity index is 1090. The summed E-state index contributed by atoms with van der Waals surface area (Å²) in [5.74, 6) is -2.08. The number of hydrogen-bond acceptors (Lipinski definition) is 3. The average molecular weight is 367 g/mol. The van der Waals surface area contributed by atoms with Gasteiger partial charge >= 0.3 is 5.97 Å².